The lowest BCUT2D eigenvalue weighted by atomic mass is 9.89. The van der Waals surface area contributed by atoms with Crippen molar-refractivity contribution in [2.75, 3.05) is 49.1 Å². The summed E-state index contributed by atoms with van der Waals surface area (Å²) in [6.07, 6.45) is 1.48. The third-order valence-electron chi connectivity index (χ3n) is 8.34. The van der Waals surface area contributed by atoms with E-state index in [4.69, 9.17) is 16.3 Å². The molecule has 5 rings (SSSR count). The number of anilines is 2. The van der Waals surface area contributed by atoms with E-state index < -0.39 is 0 Å². The van der Waals surface area contributed by atoms with Crippen LogP contribution in [0.4, 0.5) is 11.4 Å². The largest absolute Gasteiger partial charge is 0.494 e. The van der Waals surface area contributed by atoms with E-state index in [0.717, 1.165) is 61.8 Å². The molecule has 8 nitrogen and oxygen atoms in total. The van der Waals surface area contributed by atoms with Gasteiger partial charge in [-0.25, -0.2) is 0 Å². The minimum absolute atomic E-state index is 0.0692. The Morgan fingerprint density at radius 1 is 0.907 bits per heavy atom. The van der Waals surface area contributed by atoms with Gasteiger partial charge in [0.05, 0.1) is 12.6 Å². The Morgan fingerprint density at radius 2 is 1.58 bits per heavy atom. The fourth-order valence-electron chi connectivity index (χ4n) is 6.12. The second-order valence-corrected chi connectivity index (χ2v) is 11.7. The molecule has 0 aromatic heterocycles. The van der Waals surface area contributed by atoms with E-state index in [1.54, 1.807) is 30.9 Å². The number of hydrogen-bond donors (Lipinski definition) is 0. The molecule has 2 aliphatic heterocycles. The topological polar surface area (TPSA) is 73.4 Å². The van der Waals surface area contributed by atoms with Crippen LogP contribution in [0, 0.1) is 0 Å². The third-order valence-corrected chi connectivity index (χ3v) is 8.59. The zero-order chi connectivity index (χ0) is 30.5. The summed E-state index contributed by atoms with van der Waals surface area (Å²) in [6, 6.07) is 22.1. The number of nitrogens with zero attached hydrogens (tertiary/aromatic N) is 4. The van der Waals surface area contributed by atoms with E-state index in [2.05, 4.69) is 4.90 Å². The molecule has 0 radical (unpaired) electrons. The summed E-state index contributed by atoms with van der Waals surface area (Å²) in [5.74, 6) is 0.711. The monoisotopic (exact) mass is 602 g/mol. The number of piperazine rings is 1. The van der Waals surface area contributed by atoms with Crippen molar-refractivity contribution < 1.29 is 19.1 Å². The van der Waals surface area contributed by atoms with Gasteiger partial charge in [0, 0.05) is 74.6 Å². The van der Waals surface area contributed by atoms with Gasteiger partial charge >= 0.3 is 0 Å². The predicted octanol–water partition coefficient (Wildman–Crippen LogP) is 5.81. The van der Waals surface area contributed by atoms with Crippen molar-refractivity contribution in [1.82, 2.24) is 9.80 Å². The van der Waals surface area contributed by atoms with Crippen LogP contribution in [-0.2, 0) is 9.59 Å². The number of fused-ring (bicyclic) bond motifs is 1. The van der Waals surface area contributed by atoms with Crippen molar-refractivity contribution in [3.8, 4) is 5.75 Å². The molecule has 0 bridgehead atoms. The van der Waals surface area contributed by atoms with E-state index in [1.807, 2.05) is 77.4 Å². The Balaban J connectivity index is 1.23. The molecule has 2 atom stereocenters. The maximum atomic E-state index is 13.9. The summed E-state index contributed by atoms with van der Waals surface area (Å²) >= 11 is 6.11. The molecule has 43 heavy (non-hydrogen) atoms. The van der Waals surface area contributed by atoms with E-state index >= 15 is 0 Å². The van der Waals surface area contributed by atoms with Crippen molar-refractivity contribution in [2.45, 2.75) is 45.7 Å². The molecule has 2 heterocycles. The minimum atomic E-state index is -0.220. The van der Waals surface area contributed by atoms with Crippen molar-refractivity contribution in [3.05, 3.63) is 88.9 Å². The Hall–Kier alpha value is -3.88. The van der Waals surface area contributed by atoms with Crippen LogP contribution in [-0.4, -0.2) is 72.9 Å². The van der Waals surface area contributed by atoms with Crippen LogP contribution in [0.15, 0.2) is 72.8 Å². The normalized spacial score (nSPS) is 18.6. The smallest absolute Gasteiger partial charge is 0.258 e. The zero-order valence-corrected chi connectivity index (χ0v) is 25.8. The van der Waals surface area contributed by atoms with Crippen molar-refractivity contribution in [1.29, 1.82) is 0 Å². The standard InChI is InChI=1S/C34H39ClN4O4/c1-24-23-33(39(26(3)41)29-13-11-28(35)12-14-29)31-7-4-5-8-32(31)38(24)34(42)27-9-15-30(16-10-27)43-22-6-17-36-18-20-37(21-19-36)25(2)40/h4-5,7-16,24,33H,6,17-23H2,1-3H3/t24-,33+/m0/s1. The van der Waals surface area contributed by atoms with Crippen molar-refractivity contribution >= 4 is 40.7 Å². The van der Waals surface area contributed by atoms with E-state index in [9.17, 15) is 14.4 Å². The number of carbonyl (C=O) groups excluding carboxylic acids is 3. The summed E-state index contributed by atoms with van der Waals surface area (Å²) in [4.78, 5) is 46.2. The lowest BCUT2D eigenvalue weighted by Crippen LogP contribution is -2.48. The predicted molar refractivity (Wildman–Crippen MR) is 170 cm³/mol. The van der Waals surface area contributed by atoms with E-state index in [-0.39, 0.29) is 29.8 Å². The van der Waals surface area contributed by atoms with Gasteiger partial charge < -0.3 is 19.4 Å². The van der Waals surface area contributed by atoms with Gasteiger partial charge in [-0.15, -0.1) is 0 Å². The van der Waals surface area contributed by atoms with Crippen molar-refractivity contribution in [2.24, 2.45) is 0 Å². The molecule has 0 unspecified atom stereocenters. The van der Waals surface area contributed by atoms with Crippen molar-refractivity contribution in [3.63, 3.8) is 0 Å². The highest BCUT2D eigenvalue weighted by Gasteiger charge is 2.38. The third kappa shape index (κ3) is 7.03. The number of ether oxygens (including phenoxy) is 1. The van der Waals surface area contributed by atoms with Crippen LogP contribution in [0.2, 0.25) is 5.02 Å². The van der Waals surface area contributed by atoms with Gasteiger partial charge in [-0.05, 0) is 79.9 Å². The maximum absolute atomic E-state index is 13.9. The molecule has 0 spiro atoms. The van der Waals surface area contributed by atoms with Gasteiger partial charge in [0.25, 0.3) is 5.91 Å². The second kappa shape index (κ2) is 13.6. The molecule has 0 N–H and O–H groups in total. The molecule has 226 valence electrons. The molecular formula is C34H39ClN4O4. The Kier molecular flexibility index (Phi) is 9.68. The highest BCUT2D eigenvalue weighted by atomic mass is 35.5. The lowest BCUT2D eigenvalue weighted by molar-refractivity contribution is -0.130. The minimum Gasteiger partial charge on any atom is -0.494 e. The van der Waals surface area contributed by atoms with Crippen LogP contribution in [0.3, 0.4) is 0 Å². The number of benzene rings is 3. The molecule has 0 saturated carbocycles. The average Bonchev–Trinajstić information content (AvgIpc) is 3.00. The van der Waals surface area contributed by atoms with Crippen LogP contribution < -0.4 is 14.5 Å². The van der Waals surface area contributed by atoms with Crippen LogP contribution in [0.5, 0.6) is 5.75 Å². The fraction of sp³-hybridized carbons (Fsp3) is 0.382. The molecule has 3 amide bonds. The quantitative estimate of drug-likeness (QED) is 0.305. The Bertz CT molecular complexity index is 1440. The van der Waals surface area contributed by atoms with Crippen LogP contribution in [0.1, 0.15) is 55.6 Å². The molecule has 2 aliphatic rings. The first-order valence-electron chi connectivity index (χ1n) is 14.9. The first kappa shape index (κ1) is 30.6. The average molecular weight is 603 g/mol. The van der Waals surface area contributed by atoms with Gasteiger partial charge in [-0.3, -0.25) is 19.3 Å². The molecular weight excluding hydrogens is 564 g/mol. The SMILES string of the molecule is CC(=O)N1CCN(CCCOc2ccc(C(=O)N3c4ccccc4[C@H](N(C(C)=O)c4ccc(Cl)cc4)C[C@@H]3C)cc2)CC1. The van der Waals surface area contributed by atoms with Gasteiger partial charge in [0.2, 0.25) is 11.8 Å². The maximum Gasteiger partial charge on any atom is 0.258 e. The van der Waals surface area contributed by atoms with Gasteiger partial charge in [0.15, 0.2) is 0 Å². The summed E-state index contributed by atoms with van der Waals surface area (Å²) in [6.45, 7) is 10.1. The Labute approximate surface area is 258 Å². The van der Waals surface area contributed by atoms with Gasteiger partial charge in [-0.1, -0.05) is 29.8 Å². The number of hydrogen-bond acceptors (Lipinski definition) is 5. The highest BCUT2D eigenvalue weighted by Crippen LogP contribution is 2.43. The van der Waals surface area contributed by atoms with Crippen LogP contribution in [0.25, 0.3) is 0 Å². The molecule has 9 heteroatoms. The zero-order valence-electron chi connectivity index (χ0n) is 25.0. The first-order valence-corrected chi connectivity index (χ1v) is 15.3. The summed E-state index contributed by atoms with van der Waals surface area (Å²) in [7, 11) is 0. The molecule has 0 aliphatic carbocycles. The van der Waals surface area contributed by atoms with Gasteiger partial charge in [0.1, 0.15) is 5.75 Å². The van der Waals surface area contributed by atoms with E-state index in [0.29, 0.717) is 23.6 Å². The number of para-hydroxylation sites is 1. The first-order chi connectivity index (χ1) is 20.7. The number of amides is 3. The molecule has 3 aromatic carbocycles. The summed E-state index contributed by atoms with van der Waals surface area (Å²) < 4.78 is 5.96. The highest BCUT2D eigenvalue weighted by molar-refractivity contribution is 6.30. The van der Waals surface area contributed by atoms with E-state index in [1.165, 1.54) is 0 Å². The fourth-order valence-corrected chi connectivity index (χ4v) is 6.24. The molecule has 1 saturated heterocycles. The summed E-state index contributed by atoms with van der Waals surface area (Å²) in [5.41, 5.74) is 3.09. The molecule has 1 fully saturated rings. The summed E-state index contributed by atoms with van der Waals surface area (Å²) in [5, 5.41) is 0.610. The Morgan fingerprint density at radius 3 is 2.23 bits per heavy atom. The van der Waals surface area contributed by atoms with Gasteiger partial charge in [-0.2, -0.15) is 0 Å². The number of halogens is 1. The second-order valence-electron chi connectivity index (χ2n) is 11.3. The number of rotatable bonds is 8. The molecule has 3 aromatic rings. The van der Waals surface area contributed by atoms with Crippen LogP contribution >= 0.6 is 11.6 Å². The lowest BCUT2D eigenvalue weighted by Gasteiger charge is -2.43. The number of carbonyl (C=O) groups is 3.